The number of aromatic amines is 1. The molecule has 2 aromatic heterocycles. The van der Waals surface area contributed by atoms with E-state index >= 15 is 0 Å². The molecule has 29 heavy (non-hydrogen) atoms. The lowest BCUT2D eigenvalue weighted by atomic mass is 10.1. The van der Waals surface area contributed by atoms with Crippen LogP contribution in [0, 0.1) is 0 Å². The fraction of sp³-hybridized carbons (Fsp3) is 0.182. The van der Waals surface area contributed by atoms with Crippen LogP contribution in [0.15, 0.2) is 67.1 Å². The number of hydrogen-bond donors (Lipinski definition) is 2. The molecule has 4 aromatic rings. The number of aromatic nitrogens is 3. The van der Waals surface area contributed by atoms with Gasteiger partial charge in [0, 0.05) is 23.3 Å². The highest BCUT2D eigenvalue weighted by Crippen LogP contribution is 2.31. The molecule has 2 N–H and O–H groups in total. The van der Waals surface area contributed by atoms with Crippen LogP contribution < -0.4 is 14.8 Å². The van der Waals surface area contributed by atoms with Gasteiger partial charge in [0.25, 0.3) is 0 Å². The summed E-state index contributed by atoms with van der Waals surface area (Å²) in [5.74, 6) is 1.41. The molecule has 0 saturated heterocycles. The van der Waals surface area contributed by atoms with Crippen molar-refractivity contribution in [3.63, 3.8) is 0 Å². The number of benzene rings is 2. The Morgan fingerprint density at radius 1 is 1.17 bits per heavy atom. The van der Waals surface area contributed by atoms with E-state index in [1.807, 2.05) is 54.7 Å². The van der Waals surface area contributed by atoms with Crippen LogP contribution in [0.3, 0.4) is 0 Å². The number of carbonyl (C=O) groups excluding carboxylic acids is 1. The number of fused-ring (bicyclic) bond motifs is 2. The van der Waals surface area contributed by atoms with E-state index in [2.05, 4.69) is 15.4 Å². The molecule has 3 heterocycles. The van der Waals surface area contributed by atoms with Crippen LogP contribution in [-0.4, -0.2) is 33.4 Å². The van der Waals surface area contributed by atoms with Crippen molar-refractivity contribution in [2.45, 2.75) is 19.1 Å². The van der Waals surface area contributed by atoms with Crippen molar-refractivity contribution in [2.24, 2.45) is 0 Å². The number of para-hydroxylation sites is 3. The van der Waals surface area contributed by atoms with E-state index in [1.165, 1.54) is 0 Å². The molecule has 1 amide bonds. The Kier molecular flexibility index (Phi) is 4.40. The monoisotopic (exact) mass is 388 g/mol. The molecule has 0 radical (unpaired) electrons. The van der Waals surface area contributed by atoms with Gasteiger partial charge in [0.05, 0.1) is 24.8 Å². The summed E-state index contributed by atoms with van der Waals surface area (Å²) in [5, 5.41) is 8.30. The minimum Gasteiger partial charge on any atom is -0.486 e. The van der Waals surface area contributed by atoms with Gasteiger partial charge in [-0.3, -0.25) is 9.48 Å². The quantitative estimate of drug-likeness (QED) is 0.549. The molecule has 1 unspecified atom stereocenters. The van der Waals surface area contributed by atoms with E-state index in [-0.39, 0.29) is 12.0 Å². The lowest BCUT2D eigenvalue weighted by Gasteiger charge is -2.26. The summed E-state index contributed by atoms with van der Waals surface area (Å²) in [6.07, 6.45) is 5.48. The highest BCUT2D eigenvalue weighted by molar-refractivity contribution is 5.95. The van der Waals surface area contributed by atoms with Gasteiger partial charge in [-0.15, -0.1) is 0 Å². The Morgan fingerprint density at radius 2 is 2.00 bits per heavy atom. The number of carbonyl (C=O) groups is 1. The van der Waals surface area contributed by atoms with Crippen molar-refractivity contribution >= 4 is 22.5 Å². The topological polar surface area (TPSA) is 81.2 Å². The number of anilines is 1. The molecule has 0 bridgehead atoms. The first kappa shape index (κ1) is 17.4. The third-order valence-electron chi connectivity index (χ3n) is 4.90. The third kappa shape index (κ3) is 3.67. The second kappa shape index (κ2) is 7.35. The zero-order valence-electron chi connectivity index (χ0n) is 15.7. The van der Waals surface area contributed by atoms with Gasteiger partial charge >= 0.3 is 0 Å². The van der Waals surface area contributed by atoms with Crippen LogP contribution in [0.4, 0.5) is 5.69 Å². The van der Waals surface area contributed by atoms with E-state index < -0.39 is 0 Å². The van der Waals surface area contributed by atoms with Crippen LogP contribution in [0.5, 0.6) is 11.5 Å². The number of H-pyrrole nitrogens is 1. The van der Waals surface area contributed by atoms with E-state index in [0.29, 0.717) is 25.3 Å². The van der Waals surface area contributed by atoms with E-state index in [4.69, 9.17) is 9.47 Å². The molecule has 0 saturated carbocycles. The van der Waals surface area contributed by atoms with Gasteiger partial charge in [0.15, 0.2) is 17.6 Å². The highest BCUT2D eigenvalue weighted by atomic mass is 16.6. The minimum absolute atomic E-state index is 0.0829. The molecule has 0 fully saturated rings. The fourth-order valence-corrected chi connectivity index (χ4v) is 3.55. The Hall–Kier alpha value is -3.74. The van der Waals surface area contributed by atoms with Crippen LogP contribution >= 0.6 is 0 Å². The molecule has 0 spiro atoms. The standard InChI is InChI=1S/C22H20N4O3/c27-22(9-15-10-23-19-6-2-1-5-18(15)19)25-16-11-24-26(12-16)13-17-14-28-20-7-3-4-8-21(20)29-17/h1-8,10-12,17,23H,9,13-14H2,(H,25,27). The SMILES string of the molecule is O=C(Cc1c[nH]c2ccccc12)Nc1cnn(CC2COc3ccccc3O2)c1. The van der Waals surface area contributed by atoms with Crippen LogP contribution in [0.2, 0.25) is 0 Å². The molecule has 5 rings (SSSR count). The number of nitrogens with one attached hydrogen (secondary N) is 2. The summed E-state index contributed by atoms with van der Waals surface area (Å²) >= 11 is 0. The molecule has 7 heteroatoms. The van der Waals surface area contributed by atoms with E-state index in [1.54, 1.807) is 17.1 Å². The molecule has 1 aliphatic rings. The van der Waals surface area contributed by atoms with Gasteiger partial charge in [-0.1, -0.05) is 30.3 Å². The summed E-state index contributed by atoms with van der Waals surface area (Å²) in [6, 6.07) is 15.6. The van der Waals surface area contributed by atoms with Crippen molar-refractivity contribution in [3.8, 4) is 11.5 Å². The third-order valence-corrected chi connectivity index (χ3v) is 4.90. The second-order valence-corrected chi connectivity index (χ2v) is 7.03. The van der Waals surface area contributed by atoms with Crippen molar-refractivity contribution in [1.82, 2.24) is 14.8 Å². The minimum atomic E-state index is -0.139. The number of nitrogens with zero attached hydrogens (tertiary/aromatic N) is 2. The maximum Gasteiger partial charge on any atom is 0.228 e. The molecule has 2 aromatic carbocycles. The van der Waals surface area contributed by atoms with Crippen molar-refractivity contribution < 1.29 is 14.3 Å². The van der Waals surface area contributed by atoms with Crippen LogP contribution in [-0.2, 0) is 17.8 Å². The summed E-state index contributed by atoms with van der Waals surface area (Å²) in [7, 11) is 0. The number of amides is 1. The van der Waals surface area contributed by atoms with Crippen molar-refractivity contribution in [2.75, 3.05) is 11.9 Å². The maximum absolute atomic E-state index is 12.5. The van der Waals surface area contributed by atoms with Gasteiger partial charge in [0.1, 0.15) is 6.61 Å². The molecule has 146 valence electrons. The highest BCUT2D eigenvalue weighted by Gasteiger charge is 2.21. The van der Waals surface area contributed by atoms with Crippen LogP contribution in [0.25, 0.3) is 10.9 Å². The van der Waals surface area contributed by atoms with Gasteiger partial charge in [-0.05, 0) is 23.8 Å². The van der Waals surface area contributed by atoms with E-state index in [0.717, 1.165) is 28.0 Å². The molecule has 1 aliphatic heterocycles. The molecule has 7 nitrogen and oxygen atoms in total. The lowest BCUT2D eigenvalue weighted by Crippen LogP contribution is -2.33. The first-order valence-electron chi connectivity index (χ1n) is 9.50. The lowest BCUT2D eigenvalue weighted by molar-refractivity contribution is -0.115. The number of hydrogen-bond acceptors (Lipinski definition) is 4. The summed E-state index contributed by atoms with van der Waals surface area (Å²) < 4.78 is 13.4. The fourth-order valence-electron chi connectivity index (χ4n) is 3.55. The summed E-state index contributed by atoms with van der Waals surface area (Å²) in [5.41, 5.74) is 2.66. The summed E-state index contributed by atoms with van der Waals surface area (Å²) in [4.78, 5) is 15.6. The predicted molar refractivity (Wildman–Crippen MR) is 109 cm³/mol. The molecular formula is C22H20N4O3. The van der Waals surface area contributed by atoms with Crippen molar-refractivity contribution in [1.29, 1.82) is 0 Å². The summed E-state index contributed by atoms with van der Waals surface area (Å²) in [6.45, 7) is 0.992. The smallest absolute Gasteiger partial charge is 0.228 e. The predicted octanol–water partition coefficient (Wildman–Crippen LogP) is 3.39. The molecule has 0 aliphatic carbocycles. The first-order chi connectivity index (χ1) is 14.2. The van der Waals surface area contributed by atoms with Crippen LogP contribution in [0.1, 0.15) is 5.56 Å². The Morgan fingerprint density at radius 3 is 2.93 bits per heavy atom. The number of rotatable bonds is 5. The first-order valence-corrected chi connectivity index (χ1v) is 9.50. The Bertz CT molecular complexity index is 1160. The Balaban J connectivity index is 1.20. The Labute approximate surface area is 167 Å². The normalized spacial score (nSPS) is 15.4. The second-order valence-electron chi connectivity index (χ2n) is 7.03. The maximum atomic E-state index is 12.5. The largest absolute Gasteiger partial charge is 0.486 e. The zero-order valence-corrected chi connectivity index (χ0v) is 15.7. The van der Waals surface area contributed by atoms with E-state index in [9.17, 15) is 4.79 Å². The van der Waals surface area contributed by atoms with Gasteiger partial charge in [0.2, 0.25) is 5.91 Å². The average Bonchev–Trinajstić information content (AvgIpc) is 3.35. The molecular weight excluding hydrogens is 368 g/mol. The average molecular weight is 388 g/mol. The molecule has 1 atom stereocenters. The van der Waals surface area contributed by atoms with Crippen molar-refractivity contribution in [3.05, 3.63) is 72.7 Å². The van der Waals surface area contributed by atoms with Gasteiger partial charge in [-0.2, -0.15) is 5.10 Å². The van der Waals surface area contributed by atoms with Gasteiger partial charge in [-0.25, -0.2) is 0 Å². The number of ether oxygens (including phenoxy) is 2. The zero-order chi connectivity index (χ0) is 19.6. The van der Waals surface area contributed by atoms with Gasteiger partial charge < -0.3 is 19.8 Å².